The van der Waals surface area contributed by atoms with Crippen molar-refractivity contribution in [2.45, 2.75) is 26.8 Å². The predicted molar refractivity (Wildman–Crippen MR) is 93.2 cm³/mol. The molecule has 0 spiro atoms. The van der Waals surface area contributed by atoms with Gasteiger partial charge in [0.2, 0.25) is 0 Å². The second-order valence-corrected chi connectivity index (χ2v) is 6.36. The number of pyridine rings is 1. The van der Waals surface area contributed by atoms with E-state index in [1.807, 2.05) is 19.2 Å². The molecule has 1 N–H and O–H groups in total. The number of nitrogens with one attached hydrogen (secondary N) is 1. The van der Waals surface area contributed by atoms with Crippen molar-refractivity contribution in [2.75, 3.05) is 5.32 Å². The van der Waals surface area contributed by atoms with Gasteiger partial charge in [0, 0.05) is 28.0 Å². The van der Waals surface area contributed by atoms with Crippen molar-refractivity contribution in [2.24, 2.45) is 0 Å². The standard InChI is InChI=1S/C18H18FN3S/c1-3-15-10-13(8-9-20-15)18-22-12(2)17(23-18)11-21-16-6-4-14(19)5-7-16/h4-10,21H,3,11H2,1-2H3. The number of benzene rings is 1. The van der Waals surface area contributed by atoms with Crippen LogP contribution in [-0.4, -0.2) is 9.97 Å². The summed E-state index contributed by atoms with van der Waals surface area (Å²) in [6.07, 6.45) is 2.75. The van der Waals surface area contributed by atoms with Crippen LogP contribution in [0.15, 0.2) is 42.6 Å². The quantitative estimate of drug-likeness (QED) is 0.729. The summed E-state index contributed by atoms with van der Waals surface area (Å²) >= 11 is 1.68. The van der Waals surface area contributed by atoms with E-state index in [0.717, 1.165) is 34.1 Å². The molecular formula is C18H18FN3S. The molecule has 1 aromatic carbocycles. The third-order valence-corrected chi connectivity index (χ3v) is 4.82. The van der Waals surface area contributed by atoms with E-state index >= 15 is 0 Å². The van der Waals surface area contributed by atoms with Crippen LogP contribution in [0.1, 0.15) is 23.2 Å². The van der Waals surface area contributed by atoms with Gasteiger partial charge in [0.1, 0.15) is 10.8 Å². The van der Waals surface area contributed by atoms with Gasteiger partial charge in [0.15, 0.2) is 0 Å². The van der Waals surface area contributed by atoms with Crippen LogP contribution in [0.3, 0.4) is 0 Å². The smallest absolute Gasteiger partial charge is 0.124 e. The highest BCUT2D eigenvalue weighted by Crippen LogP contribution is 2.28. The Bertz CT molecular complexity index is 796. The van der Waals surface area contributed by atoms with Gasteiger partial charge in [-0.2, -0.15) is 0 Å². The Balaban J connectivity index is 1.76. The number of thiazole rings is 1. The highest BCUT2D eigenvalue weighted by Gasteiger charge is 2.10. The molecule has 0 aliphatic carbocycles. The normalized spacial score (nSPS) is 10.7. The number of nitrogens with zero attached hydrogens (tertiary/aromatic N) is 2. The van der Waals surface area contributed by atoms with Crippen molar-refractivity contribution in [1.29, 1.82) is 0 Å². The Labute approximate surface area is 139 Å². The van der Waals surface area contributed by atoms with Gasteiger partial charge in [0.05, 0.1) is 12.2 Å². The van der Waals surface area contributed by atoms with E-state index in [4.69, 9.17) is 0 Å². The number of anilines is 1. The van der Waals surface area contributed by atoms with Crippen LogP contribution >= 0.6 is 11.3 Å². The van der Waals surface area contributed by atoms with E-state index < -0.39 is 0 Å². The van der Waals surface area contributed by atoms with E-state index in [2.05, 4.69) is 28.3 Å². The molecule has 3 aromatic rings. The molecule has 0 saturated heterocycles. The van der Waals surface area contributed by atoms with Crippen LogP contribution in [-0.2, 0) is 13.0 Å². The summed E-state index contributed by atoms with van der Waals surface area (Å²) in [6, 6.07) is 10.5. The minimum atomic E-state index is -0.226. The van der Waals surface area contributed by atoms with Gasteiger partial charge >= 0.3 is 0 Å². The molecule has 0 fully saturated rings. The zero-order chi connectivity index (χ0) is 16.2. The SMILES string of the molecule is CCc1cc(-c2nc(C)c(CNc3ccc(F)cc3)s2)ccn1. The van der Waals surface area contributed by atoms with Crippen LogP contribution < -0.4 is 5.32 Å². The molecule has 0 unspecified atom stereocenters. The lowest BCUT2D eigenvalue weighted by Crippen LogP contribution is -1.98. The van der Waals surface area contributed by atoms with Crippen LogP contribution in [0, 0.1) is 12.7 Å². The minimum absolute atomic E-state index is 0.226. The first-order valence-corrected chi connectivity index (χ1v) is 8.38. The maximum Gasteiger partial charge on any atom is 0.124 e. The molecule has 23 heavy (non-hydrogen) atoms. The van der Waals surface area contributed by atoms with Gasteiger partial charge in [-0.15, -0.1) is 11.3 Å². The predicted octanol–water partition coefficient (Wildman–Crippen LogP) is 4.83. The maximum absolute atomic E-state index is 12.9. The summed E-state index contributed by atoms with van der Waals surface area (Å²) < 4.78 is 12.9. The fourth-order valence-corrected chi connectivity index (χ4v) is 3.27. The lowest BCUT2D eigenvalue weighted by Gasteiger charge is -2.04. The Hall–Kier alpha value is -2.27. The van der Waals surface area contributed by atoms with Crippen LogP contribution in [0.4, 0.5) is 10.1 Å². The Morgan fingerprint density at radius 1 is 1.17 bits per heavy atom. The van der Waals surface area contributed by atoms with Crippen LogP contribution in [0.25, 0.3) is 10.6 Å². The van der Waals surface area contributed by atoms with E-state index in [9.17, 15) is 4.39 Å². The average molecular weight is 327 g/mol. The fourth-order valence-electron chi connectivity index (χ4n) is 2.27. The Morgan fingerprint density at radius 2 is 1.96 bits per heavy atom. The molecule has 0 bridgehead atoms. The number of halogens is 1. The largest absolute Gasteiger partial charge is 0.380 e. The molecule has 0 aliphatic rings. The van der Waals surface area contributed by atoms with E-state index in [1.54, 1.807) is 23.5 Å². The summed E-state index contributed by atoms with van der Waals surface area (Å²) in [5.74, 6) is -0.226. The fraction of sp³-hybridized carbons (Fsp3) is 0.222. The second kappa shape index (κ2) is 6.87. The first-order valence-electron chi connectivity index (χ1n) is 7.56. The summed E-state index contributed by atoms with van der Waals surface area (Å²) in [5, 5.41) is 4.32. The molecule has 3 rings (SSSR count). The third-order valence-electron chi connectivity index (χ3n) is 3.62. The first-order chi connectivity index (χ1) is 11.2. The van der Waals surface area contributed by atoms with Crippen molar-refractivity contribution in [3.05, 3.63) is 64.7 Å². The Kier molecular flexibility index (Phi) is 4.67. The van der Waals surface area contributed by atoms with E-state index in [1.165, 1.54) is 17.0 Å². The summed E-state index contributed by atoms with van der Waals surface area (Å²) in [4.78, 5) is 10.2. The van der Waals surface area contributed by atoms with Crippen molar-refractivity contribution >= 4 is 17.0 Å². The molecule has 2 heterocycles. The zero-order valence-corrected chi connectivity index (χ0v) is 14.0. The molecule has 0 radical (unpaired) electrons. The van der Waals surface area contributed by atoms with Crippen LogP contribution in [0.5, 0.6) is 0 Å². The number of aromatic nitrogens is 2. The lowest BCUT2D eigenvalue weighted by molar-refractivity contribution is 0.628. The number of rotatable bonds is 5. The molecule has 3 nitrogen and oxygen atoms in total. The maximum atomic E-state index is 12.9. The molecule has 118 valence electrons. The molecule has 0 amide bonds. The minimum Gasteiger partial charge on any atom is -0.380 e. The summed E-state index contributed by atoms with van der Waals surface area (Å²) in [5.41, 5.74) is 4.10. The van der Waals surface area contributed by atoms with Crippen molar-refractivity contribution < 1.29 is 4.39 Å². The van der Waals surface area contributed by atoms with Crippen molar-refractivity contribution in [1.82, 2.24) is 9.97 Å². The Morgan fingerprint density at radius 3 is 2.70 bits per heavy atom. The monoisotopic (exact) mass is 327 g/mol. The van der Waals surface area contributed by atoms with Gasteiger partial charge in [-0.3, -0.25) is 4.98 Å². The second-order valence-electron chi connectivity index (χ2n) is 5.28. The summed E-state index contributed by atoms with van der Waals surface area (Å²) in [6.45, 7) is 4.79. The first kappa shape index (κ1) is 15.6. The van der Waals surface area contributed by atoms with Crippen molar-refractivity contribution in [3.8, 4) is 10.6 Å². The molecular weight excluding hydrogens is 309 g/mol. The number of hydrogen-bond donors (Lipinski definition) is 1. The van der Waals surface area contributed by atoms with Gasteiger partial charge in [0.25, 0.3) is 0 Å². The highest BCUT2D eigenvalue weighted by molar-refractivity contribution is 7.15. The van der Waals surface area contributed by atoms with E-state index in [-0.39, 0.29) is 5.82 Å². The lowest BCUT2D eigenvalue weighted by atomic mass is 10.2. The molecule has 5 heteroatoms. The topological polar surface area (TPSA) is 37.8 Å². The van der Waals surface area contributed by atoms with Gasteiger partial charge in [-0.05, 0) is 49.7 Å². The number of aryl methyl sites for hydroxylation is 2. The average Bonchev–Trinajstić information content (AvgIpc) is 2.95. The zero-order valence-electron chi connectivity index (χ0n) is 13.1. The highest BCUT2D eigenvalue weighted by atomic mass is 32.1. The van der Waals surface area contributed by atoms with Gasteiger partial charge < -0.3 is 5.32 Å². The van der Waals surface area contributed by atoms with Crippen molar-refractivity contribution in [3.63, 3.8) is 0 Å². The third kappa shape index (κ3) is 3.74. The molecule has 0 aliphatic heterocycles. The molecule has 2 aromatic heterocycles. The number of hydrogen-bond acceptors (Lipinski definition) is 4. The molecule has 0 saturated carbocycles. The van der Waals surface area contributed by atoms with E-state index in [0.29, 0.717) is 6.54 Å². The van der Waals surface area contributed by atoms with Crippen LogP contribution in [0.2, 0.25) is 0 Å². The van der Waals surface area contributed by atoms with Gasteiger partial charge in [-0.1, -0.05) is 6.92 Å². The molecule has 0 atom stereocenters. The van der Waals surface area contributed by atoms with Gasteiger partial charge in [-0.25, -0.2) is 9.37 Å². The summed E-state index contributed by atoms with van der Waals surface area (Å²) in [7, 11) is 0.